The molecule has 1 aromatic carbocycles. The van der Waals surface area contributed by atoms with E-state index < -0.39 is 0 Å². The number of fused-ring (bicyclic) bond motifs is 3. The van der Waals surface area contributed by atoms with Gasteiger partial charge in [0.05, 0.1) is 16.6 Å². The normalized spacial score (nSPS) is 15.4. The first-order valence-corrected chi connectivity index (χ1v) is 10.7. The number of rotatable bonds is 3. The second-order valence-corrected chi connectivity index (χ2v) is 8.23. The number of aromatic nitrogens is 4. The summed E-state index contributed by atoms with van der Waals surface area (Å²) in [7, 11) is 0. The molecule has 0 atom stereocenters. The topological polar surface area (TPSA) is 52.2 Å². The van der Waals surface area contributed by atoms with E-state index in [4.69, 9.17) is 16.7 Å². The van der Waals surface area contributed by atoms with Crippen LogP contribution in [0.2, 0.25) is 5.02 Å². The molecular formula is C23H23ClN4O. The molecule has 5 nitrogen and oxygen atoms in total. The highest BCUT2D eigenvalue weighted by Crippen LogP contribution is 2.31. The molecule has 0 spiro atoms. The van der Waals surface area contributed by atoms with Crippen LogP contribution in [-0.2, 0) is 6.42 Å². The van der Waals surface area contributed by atoms with Crippen LogP contribution in [0.4, 0.5) is 0 Å². The van der Waals surface area contributed by atoms with Crippen LogP contribution >= 0.6 is 11.6 Å². The Kier molecular flexibility index (Phi) is 4.63. The Bertz CT molecular complexity index is 1250. The number of benzene rings is 1. The van der Waals surface area contributed by atoms with Crippen molar-refractivity contribution in [2.24, 2.45) is 0 Å². The fourth-order valence-corrected chi connectivity index (χ4v) is 4.66. The summed E-state index contributed by atoms with van der Waals surface area (Å²) in [6, 6.07) is 10.0. The first-order chi connectivity index (χ1) is 14.2. The third kappa shape index (κ3) is 3.04. The second kappa shape index (κ2) is 7.30. The lowest BCUT2D eigenvalue weighted by Gasteiger charge is -2.24. The Hall–Kier alpha value is -2.66. The van der Waals surface area contributed by atoms with Gasteiger partial charge in [-0.05, 0) is 43.0 Å². The lowest BCUT2D eigenvalue weighted by atomic mass is 9.95. The molecule has 0 amide bonds. The van der Waals surface area contributed by atoms with Crippen molar-refractivity contribution in [1.82, 2.24) is 19.2 Å². The Morgan fingerprint density at radius 1 is 1.10 bits per heavy atom. The Morgan fingerprint density at radius 2 is 1.86 bits per heavy atom. The maximum Gasteiger partial charge on any atom is 0.261 e. The van der Waals surface area contributed by atoms with Crippen LogP contribution < -0.4 is 5.56 Å². The monoisotopic (exact) mass is 406 g/mol. The number of hydrogen-bond acceptors (Lipinski definition) is 3. The quantitative estimate of drug-likeness (QED) is 0.455. The highest BCUT2D eigenvalue weighted by atomic mass is 35.5. The molecule has 1 aliphatic carbocycles. The van der Waals surface area contributed by atoms with E-state index in [1.165, 1.54) is 19.3 Å². The van der Waals surface area contributed by atoms with Crippen LogP contribution in [0.15, 0.2) is 47.5 Å². The molecule has 0 bridgehead atoms. The summed E-state index contributed by atoms with van der Waals surface area (Å²) in [5, 5.41) is 6.14. The van der Waals surface area contributed by atoms with E-state index in [2.05, 4.69) is 11.9 Å². The van der Waals surface area contributed by atoms with Crippen molar-refractivity contribution in [3.63, 3.8) is 0 Å². The largest absolute Gasteiger partial charge is 0.312 e. The molecule has 0 N–H and O–H groups in total. The predicted molar refractivity (Wildman–Crippen MR) is 117 cm³/mol. The summed E-state index contributed by atoms with van der Waals surface area (Å²) in [6.45, 7) is 2.08. The van der Waals surface area contributed by atoms with Gasteiger partial charge < -0.3 is 4.57 Å². The maximum atomic E-state index is 13.2. The van der Waals surface area contributed by atoms with Crippen molar-refractivity contribution in [1.29, 1.82) is 0 Å². The number of halogens is 1. The summed E-state index contributed by atoms with van der Waals surface area (Å²) in [5.41, 5.74) is 4.61. The lowest BCUT2D eigenvalue weighted by Crippen LogP contribution is -2.26. The van der Waals surface area contributed by atoms with E-state index in [9.17, 15) is 4.79 Å². The zero-order valence-electron chi connectivity index (χ0n) is 16.4. The van der Waals surface area contributed by atoms with E-state index in [0.717, 1.165) is 47.2 Å². The standard InChI is InChI=1S/C23H23ClN4O/c1-2-19-21(15-8-10-16(24)11-9-15)22-25-14-18-20(28(22)26-19)12-13-27(23(18)29)17-6-4-3-5-7-17/h8-14,17H,2-7H2,1H3. The molecule has 3 heterocycles. The van der Waals surface area contributed by atoms with Crippen molar-refractivity contribution in [3.8, 4) is 11.1 Å². The molecule has 148 valence electrons. The van der Waals surface area contributed by atoms with Crippen LogP contribution in [0.25, 0.3) is 27.7 Å². The molecule has 1 fully saturated rings. The third-order valence-corrected chi connectivity index (χ3v) is 6.30. The highest BCUT2D eigenvalue weighted by molar-refractivity contribution is 6.30. The summed E-state index contributed by atoms with van der Waals surface area (Å²) in [5.74, 6) is 0. The van der Waals surface area contributed by atoms with Gasteiger partial charge in [-0.3, -0.25) is 4.79 Å². The van der Waals surface area contributed by atoms with Crippen molar-refractivity contribution >= 4 is 28.2 Å². The predicted octanol–water partition coefficient (Wildman–Crippen LogP) is 5.43. The maximum absolute atomic E-state index is 13.2. The lowest BCUT2D eigenvalue weighted by molar-refractivity contribution is 0.347. The smallest absolute Gasteiger partial charge is 0.261 e. The van der Waals surface area contributed by atoms with Gasteiger partial charge >= 0.3 is 0 Å². The summed E-state index contributed by atoms with van der Waals surface area (Å²) in [4.78, 5) is 17.9. The molecule has 1 aliphatic rings. The van der Waals surface area contributed by atoms with Gasteiger partial charge in [0.15, 0.2) is 5.65 Å². The second-order valence-electron chi connectivity index (χ2n) is 7.79. The Morgan fingerprint density at radius 3 is 2.59 bits per heavy atom. The van der Waals surface area contributed by atoms with E-state index in [0.29, 0.717) is 16.5 Å². The van der Waals surface area contributed by atoms with Gasteiger partial charge in [0.2, 0.25) is 0 Å². The molecule has 5 rings (SSSR count). The van der Waals surface area contributed by atoms with Crippen LogP contribution in [0.1, 0.15) is 50.8 Å². The molecule has 0 aliphatic heterocycles. The number of pyridine rings is 1. The van der Waals surface area contributed by atoms with Crippen LogP contribution in [0, 0.1) is 0 Å². The van der Waals surface area contributed by atoms with E-state index in [-0.39, 0.29) is 5.56 Å². The molecule has 4 aromatic rings. The van der Waals surface area contributed by atoms with Crippen LogP contribution in [-0.4, -0.2) is 19.2 Å². The summed E-state index contributed by atoms with van der Waals surface area (Å²) in [6.07, 6.45) is 10.2. The third-order valence-electron chi connectivity index (χ3n) is 6.05. The minimum atomic E-state index is 0.0328. The van der Waals surface area contributed by atoms with Gasteiger partial charge in [-0.2, -0.15) is 5.10 Å². The number of aryl methyl sites for hydroxylation is 1. The number of nitrogens with zero attached hydrogens (tertiary/aromatic N) is 4. The zero-order chi connectivity index (χ0) is 20.0. The molecule has 0 saturated heterocycles. The first kappa shape index (κ1) is 18.4. The van der Waals surface area contributed by atoms with Gasteiger partial charge in [0.1, 0.15) is 0 Å². The molecule has 29 heavy (non-hydrogen) atoms. The van der Waals surface area contributed by atoms with Gasteiger partial charge in [0.25, 0.3) is 5.56 Å². The van der Waals surface area contributed by atoms with Gasteiger partial charge in [-0.1, -0.05) is 49.9 Å². The van der Waals surface area contributed by atoms with Crippen LogP contribution in [0.5, 0.6) is 0 Å². The molecular weight excluding hydrogens is 384 g/mol. The Balaban J connectivity index is 1.72. The molecule has 1 saturated carbocycles. The fraction of sp³-hybridized carbons (Fsp3) is 0.348. The van der Waals surface area contributed by atoms with E-state index >= 15 is 0 Å². The Labute approximate surface area is 174 Å². The summed E-state index contributed by atoms with van der Waals surface area (Å²) >= 11 is 6.07. The van der Waals surface area contributed by atoms with E-state index in [1.807, 2.05) is 45.6 Å². The van der Waals surface area contributed by atoms with Gasteiger partial charge in [-0.15, -0.1) is 0 Å². The SMILES string of the molecule is CCc1nn2c(ncc3c(=O)n(C4CCCCC4)ccc32)c1-c1ccc(Cl)cc1. The van der Waals surface area contributed by atoms with Crippen LogP contribution in [0.3, 0.4) is 0 Å². The average molecular weight is 407 g/mol. The minimum absolute atomic E-state index is 0.0328. The minimum Gasteiger partial charge on any atom is -0.312 e. The first-order valence-electron chi connectivity index (χ1n) is 10.3. The number of hydrogen-bond donors (Lipinski definition) is 0. The van der Waals surface area contributed by atoms with Crippen molar-refractivity contribution in [2.75, 3.05) is 0 Å². The van der Waals surface area contributed by atoms with E-state index in [1.54, 1.807) is 6.20 Å². The van der Waals surface area contributed by atoms with Gasteiger partial charge in [-0.25, -0.2) is 9.50 Å². The summed E-state index contributed by atoms with van der Waals surface area (Å²) < 4.78 is 3.73. The van der Waals surface area contributed by atoms with Crippen molar-refractivity contribution in [3.05, 3.63) is 63.8 Å². The zero-order valence-corrected chi connectivity index (χ0v) is 17.2. The average Bonchev–Trinajstić information content (AvgIpc) is 3.14. The van der Waals surface area contributed by atoms with Crippen molar-refractivity contribution in [2.45, 2.75) is 51.5 Å². The molecule has 0 unspecified atom stereocenters. The highest BCUT2D eigenvalue weighted by Gasteiger charge is 2.20. The molecule has 0 radical (unpaired) electrons. The molecule has 6 heteroatoms. The van der Waals surface area contributed by atoms with Gasteiger partial charge in [0, 0.05) is 29.0 Å². The van der Waals surface area contributed by atoms with Crippen molar-refractivity contribution < 1.29 is 0 Å². The fourth-order valence-electron chi connectivity index (χ4n) is 4.54. The molecule has 3 aromatic heterocycles.